The highest BCUT2D eigenvalue weighted by Crippen LogP contribution is 2.48. The first-order valence-corrected chi connectivity index (χ1v) is 11.0. The van der Waals surface area contributed by atoms with E-state index in [0.717, 1.165) is 42.6 Å². The van der Waals surface area contributed by atoms with Crippen molar-refractivity contribution >= 4 is 11.8 Å². The Balaban J connectivity index is 1.52. The minimum absolute atomic E-state index is 0.0368. The first-order valence-electron chi connectivity index (χ1n) is 11.0. The van der Waals surface area contributed by atoms with Gasteiger partial charge in [-0.05, 0) is 38.8 Å². The number of benzene rings is 1. The van der Waals surface area contributed by atoms with Crippen molar-refractivity contribution in [3.63, 3.8) is 0 Å². The van der Waals surface area contributed by atoms with E-state index in [1.165, 1.54) is 6.42 Å². The summed E-state index contributed by atoms with van der Waals surface area (Å²) < 4.78 is 1.86. The molecule has 2 amide bonds. The van der Waals surface area contributed by atoms with Crippen LogP contribution in [0, 0.1) is 25.2 Å². The molecule has 0 radical (unpaired) electrons. The molecule has 1 saturated carbocycles. The van der Waals surface area contributed by atoms with Crippen LogP contribution in [0.1, 0.15) is 59.4 Å². The van der Waals surface area contributed by atoms with Crippen LogP contribution in [0.25, 0.3) is 0 Å². The maximum Gasteiger partial charge on any atom is 0.253 e. The lowest BCUT2D eigenvalue weighted by Gasteiger charge is -2.37. The third kappa shape index (κ3) is 3.75. The molecule has 1 spiro atoms. The number of amides is 2. The molecule has 6 nitrogen and oxygen atoms in total. The molecule has 6 heteroatoms. The van der Waals surface area contributed by atoms with Gasteiger partial charge in [0.2, 0.25) is 5.91 Å². The van der Waals surface area contributed by atoms with Crippen molar-refractivity contribution in [2.75, 3.05) is 13.1 Å². The second-order valence-electron chi connectivity index (χ2n) is 9.02. The molecule has 1 aromatic carbocycles. The van der Waals surface area contributed by atoms with Crippen molar-refractivity contribution in [2.24, 2.45) is 18.4 Å². The molecule has 160 valence electrons. The maximum atomic E-state index is 13.3. The Kier molecular flexibility index (Phi) is 5.67. The van der Waals surface area contributed by atoms with Gasteiger partial charge in [-0.1, -0.05) is 37.5 Å². The largest absolute Gasteiger partial charge is 0.352 e. The van der Waals surface area contributed by atoms with Crippen LogP contribution in [0.3, 0.4) is 0 Å². The third-order valence-corrected chi connectivity index (χ3v) is 7.22. The van der Waals surface area contributed by atoms with Crippen molar-refractivity contribution in [1.29, 1.82) is 0 Å². The van der Waals surface area contributed by atoms with Crippen LogP contribution in [0.15, 0.2) is 30.3 Å². The van der Waals surface area contributed by atoms with Crippen molar-refractivity contribution in [2.45, 2.75) is 52.5 Å². The number of nitrogens with zero attached hydrogens (tertiary/aromatic N) is 3. The van der Waals surface area contributed by atoms with Gasteiger partial charge in [0.1, 0.15) is 0 Å². The summed E-state index contributed by atoms with van der Waals surface area (Å²) in [6.07, 6.45) is 5.54. The van der Waals surface area contributed by atoms with Crippen LogP contribution in [0.2, 0.25) is 0 Å². The number of hydrogen-bond acceptors (Lipinski definition) is 3. The Hall–Kier alpha value is -2.63. The Morgan fingerprint density at radius 2 is 1.83 bits per heavy atom. The number of carbonyl (C=O) groups excluding carboxylic acids is 2. The number of aromatic nitrogens is 2. The predicted octanol–water partition coefficient (Wildman–Crippen LogP) is 3.38. The van der Waals surface area contributed by atoms with Crippen molar-refractivity contribution in [3.8, 4) is 0 Å². The lowest BCUT2D eigenvalue weighted by molar-refractivity contribution is -0.128. The van der Waals surface area contributed by atoms with Crippen molar-refractivity contribution in [1.82, 2.24) is 20.0 Å². The van der Waals surface area contributed by atoms with Gasteiger partial charge in [0, 0.05) is 48.9 Å². The number of carbonyl (C=O) groups is 2. The fourth-order valence-corrected chi connectivity index (χ4v) is 5.38. The van der Waals surface area contributed by atoms with Gasteiger partial charge in [0.05, 0.1) is 11.6 Å². The molecule has 2 aromatic rings. The van der Waals surface area contributed by atoms with Gasteiger partial charge >= 0.3 is 0 Å². The molecular weight excluding hydrogens is 376 g/mol. The summed E-state index contributed by atoms with van der Waals surface area (Å²) in [5.41, 5.74) is 3.72. The molecule has 1 aliphatic carbocycles. The molecule has 30 heavy (non-hydrogen) atoms. The Morgan fingerprint density at radius 3 is 2.47 bits per heavy atom. The van der Waals surface area contributed by atoms with E-state index >= 15 is 0 Å². The van der Waals surface area contributed by atoms with Gasteiger partial charge in [0.25, 0.3) is 5.91 Å². The first kappa shape index (κ1) is 20.6. The monoisotopic (exact) mass is 408 g/mol. The van der Waals surface area contributed by atoms with Crippen LogP contribution in [-0.4, -0.2) is 39.6 Å². The van der Waals surface area contributed by atoms with Crippen LogP contribution in [0.5, 0.6) is 0 Å². The van der Waals surface area contributed by atoms with Gasteiger partial charge in [-0.25, -0.2) is 0 Å². The molecule has 1 atom stereocenters. The molecule has 4 rings (SSSR count). The summed E-state index contributed by atoms with van der Waals surface area (Å²) >= 11 is 0. The fourth-order valence-electron chi connectivity index (χ4n) is 5.38. The van der Waals surface area contributed by atoms with Crippen LogP contribution in [0.4, 0.5) is 0 Å². The summed E-state index contributed by atoms with van der Waals surface area (Å²) in [5, 5.41) is 7.63. The highest BCUT2D eigenvalue weighted by atomic mass is 16.2. The van der Waals surface area contributed by atoms with Crippen LogP contribution in [-0.2, 0) is 18.4 Å². The maximum absolute atomic E-state index is 13.3. The zero-order valence-corrected chi connectivity index (χ0v) is 18.3. The van der Waals surface area contributed by atoms with E-state index in [9.17, 15) is 9.59 Å². The summed E-state index contributed by atoms with van der Waals surface area (Å²) in [4.78, 5) is 28.4. The minimum atomic E-state index is -0.150. The second-order valence-corrected chi connectivity index (χ2v) is 9.02. The Labute approximate surface area is 178 Å². The third-order valence-electron chi connectivity index (χ3n) is 7.22. The summed E-state index contributed by atoms with van der Waals surface area (Å²) in [6, 6.07) is 9.42. The number of hydrogen-bond donors (Lipinski definition) is 1. The van der Waals surface area contributed by atoms with Gasteiger partial charge in [0.15, 0.2) is 0 Å². The van der Waals surface area contributed by atoms with Crippen LogP contribution >= 0.6 is 0 Å². The number of rotatable bonds is 4. The molecule has 1 unspecified atom stereocenters. The van der Waals surface area contributed by atoms with E-state index < -0.39 is 0 Å². The molecule has 1 N–H and O–H groups in total. The second kappa shape index (κ2) is 8.25. The van der Waals surface area contributed by atoms with Crippen molar-refractivity contribution < 1.29 is 9.59 Å². The zero-order valence-electron chi connectivity index (χ0n) is 18.3. The van der Waals surface area contributed by atoms with Gasteiger partial charge in [-0.15, -0.1) is 0 Å². The summed E-state index contributed by atoms with van der Waals surface area (Å²) in [5.74, 6) is -0.0412. The summed E-state index contributed by atoms with van der Waals surface area (Å²) in [6.45, 7) is 5.69. The van der Waals surface area contributed by atoms with Crippen molar-refractivity contribution in [3.05, 3.63) is 52.8 Å². The molecule has 1 aromatic heterocycles. The van der Waals surface area contributed by atoms with E-state index in [0.29, 0.717) is 25.2 Å². The predicted molar refractivity (Wildman–Crippen MR) is 116 cm³/mol. The Bertz CT molecular complexity index is 928. The molecule has 2 aliphatic rings. The van der Waals surface area contributed by atoms with E-state index in [-0.39, 0.29) is 23.1 Å². The zero-order chi connectivity index (χ0) is 21.3. The number of nitrogens with one attached hydrogen (secondary N) is 1. The normalized spacial score (nSPS) is 20.5. The standard InChI is InChI=1S/C24H32N4O2/c1-17-20(18(2)27(3)26-17)14-25-22(29)21-15-28(16-24(21)12-8-5-9-13-24)23(30)19-10-6-4-7-11-19/h4,6-7,10-11,21H,5,8-9,12-16H2,1-3H3,(H,25,29). The van der Waals surface area contributed by atoms with Gasteiger partial charge in [-0.3, -0.25) is 14.3 Å². The quantitative estimate of drug-likeness (QED) is 0.843. The highest BCUT2D eigenvalue weighted by molar-refractivity contribution is 5.95. The molecule has 0 bridgehead atoms. The van der Waals surface area contributed by atoms with E-state index in [1.807, 2.05) is 60.8 Å². The first-order chi connectivity index (χ1) is 14.4. The molecule has 1 saturated heterocycles. The average molecular weight is 409 g/mol. The fraction of sp³-hybridized carbons (Fsp3) is 0.542. The topological polar surface area (TPSA) is 67.2 Å². The van der Waals surface area contributed by atoms with E-state index in [1.54, 1.807) is 0 Å². The lowest BCUT2D eigenvalue weighted by atomic mass is 9.67. The number of likely N-dealkylation sites (tertiary alicyclic amines) is 1. The molecule has 2 heterocycles. The van der Waals surface area contributed by atoms with E-state index in [4.69, 9.17) is 0 Å². The van der Waals surface area contributed by atoms with Crippen LogP contribution < -0.4 is 5.32 Å². The minimum Gasteiger partial charge on any atom is -0.352 e. The molecule has 1 aliphatic heterocycles. The molecular formula is C24H32N4O2. The summed E-state index contributed by atoms with van der Waals surface area (Å²) in [7, 11) is 1.93. The average Bonchev–Trinajstić information content (AvgIpc) is 3.23. The lowest BCUT2D eigenvalue weighted by Crippen LogP contribution is -2.42. The van der Waals surface area contributed by atoms with Gasteiger partial charge < -0.3 is 10.2 Å². The number of aryl methyl sites for hydroxylation is 2. The van der Waals surface area contributed by atoms with Gasteiger partial charge in [-0.2, -0.15) is 5.10 Å². The SMILES string of the molecule is Cc1nn(C)c(C)c1CNC(=O)C1CN(C(=O)c2ccccc2)CC12CCCCC2. The van der Waals surface area contributed by atoms with E-state index in [2.05, 4.69) is 10.4 Å². The molecule has 2 fully saturated rings. The smallest absolute Gasteiger partial charge is 0.253 e. The highest BCUT2D eigenvalue weighted by Gasteiger charge is 2.51. The Morgan fingerprint density at radius 1 is 1.13 bits per heavy atom.